The number of likely N-dealkylation sites (tertiary alicyclic amines) is 1. The van der Waals surface area contributed by atoms with E-state index in [0.29, 0.717) is 30.6 Å². The van der Waals surface area contributed by atoms with Crippen molar-refractivity contribution in [1.82, 2.24) is 25.2 Å². The average molecular weight is 359 g/mol. The molecule has 2 aromatic rings. The van der Waals surface area contributed by atoms with E-state index in [0.717, 1.165) is 23.4 Å². The summed E-state index contributed by atoms with van der Waals surface area (Å²) in [4.78, 5) is 15.1. The fourth-order valence-electron chi connectivity index (χ4n) is 3.58. The molecule has 3 rings (SSSR count). The molecule has 1 fully saturated rings. The summed E-state index contributed by atoms with van der Waals surface area (Å²) in [6, 6.07) is 2.51. The molecule has 2 aromatic heterocycles. The molecule has 7 nitrogen and oxygen atoms in total. The van der Waals surface area contributed by atoms with Crippen LogP contribution < -0.4 is 5.32 Å². The Morgan fingerprint density at radius 3 is 2.69 bits per heavy atom. The number of hydrogen-bond donors (Lipinski definition) is 1. The van der Waals surface area contributed by atoms with E-state index in [9.17, 15) is 4.79 Å². The predicted octanol–water partition coefficient (Wildman–Crippen LogP) is 2.45. The van der Waals surface area contributed by atoms with Crippen molar-refractivity contribution in [2.24, 2.45) is 0 Å². The van der Waals surface area contributed by atoms with Crippen LogP contribution in [0.5, 0.6) is 0 Å². The topological polar surface area (TPSA) is 76.2 Å². The van der Waals surface area contributed by atoms with Gasteiger partial charge in [-0.15, -0.1) is 0 Å². The highest BCUT2D eigenvalue weighted by atomic mass is 16.5. The summed E-state index contributed by atoms with van der Waals surface area (Å²) in [5.74, 6) is 0.486. The number of nitrogens with one attached hydrogen (secondary N) is 1. The van der Waals surface area contributed by atoms with E-state index in [1.807, 2.05) is 31.5 Å². The van der Waals surface area contributed by atoms with E-state index in [2.05, 4.69) is 27.4 Å². The Labute approximate surface area is 154 Å². The normalized spacial score (nSPS) is 16.2. The molecule has 0 aliphatic carbocycles. The van der Waals surface area contributed by atoms with Crippen LogP contribution in [-0.4, -0.2) is 51.4 Å². The lowest BCUT2D eigenvalue weighted by molar-refractivity contribution is 0.0939. The SMILES string of the molecule is Cc1cc(C)n(Cc2c(C(=O)NCC[C@@H](C)N3CCCC3)noc2C)n1. The van der Waals surface area contributed by atoms with Crippen molar-refractivity contribution in [1.29, 1.82) is 0 Å². The fraction of sp³-hybridized carbons (Fsp3) is 0.632. The molecule has 1 atom stereocenters. The van der Waals surface area contributed by atoms with Crippen LogP contribution >= 0.6 is 0 Å². The van der Waals surface area contributed by atoms with Crippen molar-refractivity contribution >= 4 is 5.91 Å². The number of carbonyl (C=O) groups is 1. The first-order valence-corrected chi connectivity index (χ1v) is 9.44. The quantitative estimate of drug-likeness (QED) is 0.822. The number of amides is 1. The maximum absolute atomic E-state index is 12.6. The van der Waals surface area contributed by atoms with Gasteiger partial charge >= 0.3 is 0 Å². The number of rotatable bonds is 7. The highest BCUT2D eigenvalue weighted by Gasteiger charge is 2.22. The molecule has 0 unspecified atom stereocenters. The molecule has 1 amide bonds. The summed E-state index contributed by atoms with van der Waals surface area (Å²) in [7, 11) is 0. The van der Waals surface area contributed by atoms with Gasteiger partial charge < -0.3 is 14.7 Å². The summed E-state index contributed by atoms with van der Waals surface area (Å²) in [6.07, 6.45) is 3.50. The molecular weight excluding hydrogens is 330 g/mol. The van der Waals surface area contributed by atoms with Crippen molar-refractivity contribution in [2.75, 3.05) is 19.6 Å². The molecule has 3 heterocycles. The third kappa shape index (κ3) is 4.15. The summed E-state index contributed by atoms with van der Waals surface area (Å²) in [5.41, 5.74) is 3.16. The molecule has 142 valence electrons. The fourth-order valence-corrected chi connectivity index (χ4v) is 3.58. The van der Waals surface area contributed by atoms with Gasteiger partial charge in [-0.3, -0.25) is 9.48 Å². The van der Waals surface area contributed by atoms with E-state index in [4.69, 9.17) is 4.52 Å². The Balaban J connectivity index is 1.60. The molecule has 0 bridgehead atoms. The second kappa shape index (κ2) is 8.03. The van der Waals surface area contributed by atoms with Gasteiger partial charge in [-0.05, 0) is 66.1 Å². The van der Waals surface area contributed by atoms with Gasteiger partial charge in [-0.1, -0.05) is 5.16 Å². The van der Waals surface area contributed by atoms with Crippen LogP contribution in [0.3, 0.4) is 0 Å². The highest BCUT2D eigenvalue weighted by Crippen LogP contribution is 2.17. The number of carbonyl (C=O) groups excluding carboxylic acids is 1. The zero-order valence-electron chi connectivity index (χ0n) is 16.2. The molecular formula is C19H29N5O2. The Morgan fingerprint density at radius 1 is 1.31 bits per heavy atom. The first kappa shape index (κ1) is 18.6. The lowest BCUT2D eigenvalue weighted by atomic mass is 10.1. The second-order valence-electron chi connectivity index (χ2n) is 7.29. The van der Waals surface area contributed by atoms with Gasteiger partial charge in [0.1, 0.15) is 5.76 Å². The number of aryl methyl sites for hydroxylation is 3. The Bertz CT molecular complexity index is 758. The van der Waals surface area contributed by atoms with Crippen LogP contribution in [0.25, 0.3) is 0 Å². The standard InChI is InChI=1S/C19H29N5O2/c1-13-11-15(3)24(21-13)12-17-16(4)26-22-18(17)19(25)20-8-7-14(2)23-9-5-6-10-23/h11,14H,5-10,12H2,1-4H3,(H,20,25)/t14-/m1/s1. The summed E-state index contributed by atoms with van der Waals surface area (Å²) < 4.78 is 7.16. The summed E-state index contributed by atoms with van der Waals surface area (Å²) >= 11 is 0. The van der Waals surface area contributed by atoms with Crippen molar-refractivity contribution in [3.05, 3.63) is 34.5 Å². The molecule has 7 heteroatoms. The van der Waals surface area contributed by atoms with Crippen LogP contribution in [0.4, 0.5) is 0 Å². The average Bonchev–Trinajstić information content (AvgIpc) is 3.30. The van der Waals surface area contributed by atoms with Crippen molar-refractivity contribution in [3.8, 4) is 0 Å². The van der Waals surface area contributed by atoms with Crippen LogP contribution in [0.1, 0.15) is 59.4 Å². The molecule has 1 aliphatic rings. The Morgan fingerprint density at radius 2 is 2.04 bits per heavy atom. The Hall–Kier alpha value is -2.15. The van der Waals surface area contributed by atoms with Crippen molar-refractivity contribution in [3.63, 3.8) is 0 Å². The number of hydrogen-bond acceptors (Lipinski definition) is 5. The van der Waals surface area contributed by atoms with Gasteiger partial charge in [-0.25, -0.2) is 0 Å². The minimum Gasteiger partial charge on any atom is -0.361 e. The van der Waals surface area contributed by atoms with Crippen LogP contribution in [0.2, 0.25) is 0 Å². The zero-order chi connectivity index (χ0) is 18.7. The molecule has 1 aliphatic heterocycles. The van der Waals surface area contributed by atoms with Gasteiger partial charge in [-0.2, -0.15) is 5.10 Å². The van der Waals surface area contributed by atoms with Crippen molar-refractivity contribution in [2.45, 2.75) is 59.5 Å². The molecule has 0 saturated carbocycles. The lowest BCUT2D eigenvalue weighted by Gasteiger charge is -2.23. The first-order chi connectivity index (χ1) is 12.5. The van der Waals surface area contributed by atoms with Gasteiger partial charge in [0, 0.05) is 23.8 Å². The number of aromatic nitrogens is 3. The van der Waals surface area contributed by atoms with Gasteiger partial charge in [0.25, 0.3) is 5.91 Å². The largest absolute Gasteiger partial charge is 0.361 e. The smallest absolute Gasteiger partial charge is 0.273 e. The third-order valence-electron chi connectivity index (χ3n) is 5.22. The monoisotopic (exact) mass is 359 g/mol. The summed E-state index contributed by atoms with van der Waals surface area (Å²) in [5, 5.41) is 11.4. The predicted molar refractivity (Wildman–Crippen MR) is 99.3 cm³/mol. The number of nitrogens with zero attached hydrogens (tertiary/aromatic N) is 4. The highest BCUT2D eigenvalue weighted by molar-refractivity contribution is 5.93. The lowest BCUT2D eigenvalue weighted by Crippen LogP contribution is -2.34. The second-order valence-corrected chi connectivity index (χ2v) is 7.29. The molecule has 1 saturated heterocycles. The minimum absolute atomic E-state index is 0.174. The third-order valence-corrected chi connectivity index (χ3v) is 5.22. The van der Waals surface area contributed by atoms with E-state index in [1.54, 1.807) is 0 Å². The van der Waals surface area contributed by atoms with Crippen LogP contribution in [0, 0.1) is 20.8 Å². The molecule has 1 N–H and O–H groups in total. The van der Waals surface area contributed by atoms with E-state index in [1.165, 1.54) is 25.9 Å². The van der Waals surface area contributed by atoms with Crippen LogP contribution in [-0.2, 0) is 6.54 Å². The van der Waals surface area contributed by atoms with Crippen molar-refractivity contribution < 1.29 is 9.32 Å². The first-order valence-electron chi connectivity index (χ1n) is 9.44. The molecule has 26 heavy (non-hydrogen) atoms. The van der Waals surface area contributed by atoms with E-state index < -0.39 is 0 Å². The molecule has 0 radical (unpaired) electrons. The molecule has 0 spiro atoms. The summed E-state index contributed by atoms with van der Waals surface area (Å²) in [6.45, 7) is 11.5. The maximum Gasteiger partial charge on any atom is 0.273 e. The van der Waals surface area contributed by atoms with E-state index in [-0.39, 0.29) is 5.91 Å². The van der Waals surface area contributed by atoms with Gasteiger partial charge in [0.2, 0.25) is 0 Å². The van der Waals surface area contributed by atoms with Gasteiger partial charge in [0.15, 0.2) is 5.69 Å². The van der Waals surface area contributed by atoms with Gasteiger partial charge in [0.05, 0.1) is 12.2 Å². The Kier molecular flexibility index (Phi) is 5.76. The van der Waals surface area contributed by atoms with E-state index >= 15 is 0 Å². The zero-order valence-corrected chi connectivity index (χ0v) is 16.2. The maximum atomic E-state index is 12.6. The van der Waals surface area contributed by atoms with Crippen LogP contribution in [0.15, 0.2) is 10.6 Å². The molecule has 0 aromatic carbocycles. The minimum atomic E-state index is -0.174.